The first-order valence-corrected chi connectivity index (χ1v) is 8.13. The van der Waals surface area contributed by atoms with Gasteiger partial charge in [0, 0.05) is 20.0 Å². The average Bonchev–Trinajstić information content (AvgIpc) is 2.65. The van der Waals surface area contributed by atoms with Gasteiger partial charge in [-0.25, -0.2) is 4.79 Å². The second kappa shape index (κ2) is 7.70. The predicted molar refractivity (Wildman–Crippen MR) is 93.5 cm³/mol. The van der Waals surface area contributed by atoms with E-state index in [0.717, 1.165) is 11.3 Å². The van der Waals surface area contributed by atoms with E-state index in [1.54, 1.807) is 11.9 Å². The number of para-hydroxylation sites is 2. The number of amides is 2. The summed E-state index contributed by atoms with van der Waals surface area (Å²) >= 11 is 0. The summed E-state index contributed by atoms with van der Waals surface area (Å²) in [6.45, 7) is 0.502. The van der Waals surface area contributed by atoms with Crippen LogP contribution in [0.4, 0.5) is 10.5 Å². The molecule has 3 rings (SSSR count). The summed E-state index contributed by atoms with van der Waals surface area (Å²) in [6.07, 6.45) is -0.756. The van der Waals surface area contributed by atoms with Gasteiger partial charge in [-0.05, 0) is 17.7 Å². The summed E-state index contributed by atoms with van der Waals surface area (Å²) in [5.41, 5.74) is 1.67. The van der Waals surface area contributed by atoms with Gasteiger partial charge in [-0.3, -0.25) is 4.79 Å². The molecule has 25 heavy (non-hydrogen) atoms. The first-order valence-electron chi connectivity index (χ1n) is 8.13. The van der Waals surface area contributed by atoms with E-state index in [2.05, 4.69) is 5.32 Å². The average molecular weight is 340 g/mol. The fourth-order valence-corrected chi connectivity index (χ4v) is 2.63. The van der Waals surface area contributed by atoms with Crippen LogP contribution in [0.25, 0.3) is 0 Å². The maximum Gasteiger partial charge on any atom is 0.407 e. The van der Waals surface area contributed by atoms with Crippen LogP contribution in [0.2, 0.25) is 0 Å². The highest BCUT2D eigenvalue weighted by molar-refractivity contribution is 5.99. The zero-order valence-corrected chi connectivity index (χ0v) is 14.0. The van der Waals surface area contributed by atoms with Crippen LogP contribution in [0.5, 0.6) is 5.75 Å². The predicted octanol–water partition coefficient (Wildman–Crippen LogP) is 2.73. The van der Waals surface area contributed by atoms with Crippen LogP contribution in [0.1, 0.15) is 12.0 Å². The molecule has 130 valence electrons. The van der Waals surface area contributed by atoms with Gasteiger partial charge in [0.1, 0.15) is 12.4 Å². The van der Waals surface area contributed by atoms with Gasteiger partial charge < -0.3 is 19.7 Å². The van der Waals surface area contributed by atoms with Crippen LogP contribution in [-0.4, -0.2) is 31.7 Å². The van der Waals surface area contributed by atoms with Crippen molar-refractivity contribution in [3.05, 3.63) is 60.2 Å². The van der Waals surface area contributed by atoms with E-state index in [4.69, 9.17) is 9.47 Å². The number of nitrogens with zero attached hydrogens (tertiary/aromatic N) is 1. The van der Waals surface area contributed by atoms with Crippen LogP contribution in [0, 0.1) is 0 Å². The highest BCUT2D eigenvalue weighted by Crippen LogP contribution is 2.33. The summed E-state index contributed by atoms with van der Waals surface area (Å²) in [5.74, 6) is 0.541. The number of fused-ring (bicyclic) bond motifs is 1. The molecule has 0 bridgehead atoms. The van der Waals surface area contributed by atoms with Gasteiger partial charge >= 0.3 is 6.09 Å². The first kappa shape index (κ1) is 16.8. The summed E-state index contributed by atoms with van der Waals surface area (Å²) in [4.78, 5) is 25.6. The molecule has 0 aromatic heterocycles. The Morgan fingerprint density at radius 1 is 1.16 bits per heavy atom. The second-order valence-corrected chi connectivity index (χ2v) is 5.75. The lowest BCUT2D eigenvalue weighted by Crippen LogP contribution is -2.45. The molecule has 0 aliphatic carbocycles. The highest BCUT2D eigenvalue weighted by Gasteiger charge is 2.31. The van der Waals surface area contributed by atoms with Crippen LogP contribution in [-0.2, 0) is 16.1 Å². The topological polar surface area (TPSA) is 67.9 Å². The minimum Gasteiger partial charge on any atom is -0.478 e. The zero-order chi connectivity index (χ0) is 17.6. The Morgan fingerprint density at radius 2 is 1.88 bits per heavy atom. The molecule has 0 spiro atoms. The minimum absolute atomic E-state index is 0.127. The van der Waals surface area contributed by atoms with Crippen LogP contribution in [0.15, 0.2) is 54.6 Å². The van der Waals surface area contributed by atoms with E-state index in [1.165, 1.54) is 0 Å². The third-order valence-electron chi connectivity index (χ3n) is 3.99. The van der Waals surface area contributed by atoms with Crippen molar-refractivity contribution in [3.63, 3.8) is 0 Å². The molecule has 1 unspecified atom stereocenters. The molecule has 1 aliphatic heterocycles. The Bertz CT molecular complexity index is 748. The molecular formula is C19H20N2O4. The van der Waals surface area contributed by atoms with E-state index in [-0.39, 0.29) is 12.5 Å². The van der Waals surface area contributed by atoms with Crippen molar-refractivity contribution in [2.24, 2.45) is 0 Å². The standard InChI is InChI=1S/C19H20N2O4/c1-21-15-9-5-6-10-16(15)25-17(18(21)22)11-12-20-19(23)24-13-14-7-3-2-4-8-14/h2-10,17H,11-13H2,1H3,(H,20,23). The van der Waals surface area contributed by atoms with E-state index in [9.17, 15) is 9.59 Å². The minimum atomic E-state index is -0.616. The van der Waals surface area contributed by atoms with Gasteiger partial charge in [0.05, 0.1) is 5.69 Å². The van der Waals surface area contributed by atoms with Gasteiger partial charge in [0.2, 0.25) is 0 Å². The van der Waals surface area contributed by atoms with Gasteiger partial charge in [0.25, 0.3) is 5.91 Å². The van der Waals surface area contributed by atoms with Gasteiger partial charge in [-0.2, -0.15) is 0 Å². The number of nitrogens with one attached hydrogen (secondary N) is 1. The number of benzene rings is 2. The van der Waals surface area contributed by atoms with E-state index < -0.39 is 12.2 Å². The fraction of sp³-hybridized carbons (Fsp3) is 0.263. The number of anilines is 1. The molecule has 0 fully saturated rings. The van der Waals surface area contributed by atoms with Crippen molar-refractivity contribution in [3.8, 4) is 5.75 Å². The van der Waals surface area contributed by atoms with Crippen molar-refractivity contribution >= 4 is 17.7 Å². The third kappa shape index (κ3) is 4.09. The quantitative estimate of drug-likeness (QED) is 0.909. The maximum atomic E-state index is 12.3. The molecule has 2 aromatic carbocycles. The lowest BCUT2D eigenvalue weighted by molar-refractivity contribution is -0.126. The molecule has 0 saturated carbocycles. The molecule has 6 nitrogen and oxygen atoms in total. The summed E-state index contributed by atoms with van der Waals surface area (Å²) in [6, 6.07) is 16.8. The van der Waals surface area contributed by atoms with Crippen LogP contribution in [0.3, 0.4) is 0 Å². The second-order valence-electron chi connectivity index (χ2n) is 5.75. The Kier molecular flexibility index (Phi) is 5.18. The van der Waals surface area contributed by atoms with E-state index >= 15 is 0 Å². The van der Waals surface area contributed by atoms with E-state index in [1.807, 2.05) is 54.6 Å². The number of alkyl carbamates (subject to hydrolysis) is 1. The first-order chi connectivity index (χ1) is 12.1. The molecule has 6 heteroatoms. The van der Waals surface area contributed by atoms with Crippen molar-refractivity contribution in [2.45, 2.75) is 19.1 Å². The Morgan fingerprint density at radius 3 is 2.68 bits per heavy atom. The van der Waals surface area contributed by atoms with Gasteiger partial charge in [-0.15, -0.1) is 0 Å². The Hall–Kier alpha value is -3.02. The normalized spacial score (nSPS) is 16.0. The van der Waals surface area contributed by atoms with Crippen molar-refractivity contribution in [1.29, 1.82) is 0 Å². The summed E-state index contributed by atoms with van der Waals surface area (Å²) in [7, 11) is 1.72. The molecule has 0 saturated heterocycles. The Balaban J connectivity index is 1.46. The fourth-order valence-electron chi connectivity index (χ4n) is 2.63. The van der Waals surface area contributed by atoms with Crippen LogP contribution >= 0.6 is 0 Å². The number of rotatable bonds is 5. The molecule has 2 amide bonds. The molecule has 0 radical (unpaired) electrons. The SMILES string of the molecule is CN1C(=O)C(CCNC(=O)OCc2ccccc2)Oc2ccccc21. The number of hydrogen-bond acceptors (Lipinski definition) is 4. The maximum absolute atomic E-state index is 12.3. The number of carbonyl (C=O) groups is 2. The largest absolute Gasteiger partial charge is 0.478 e. The molecule has 1 heterocycles. The summed E-state index contributed by atoms with van der Waals surface area (Å²) in [5, 5.41) is 2.65. The smallest absolute Gasteiger partial charge is 0.407 e. The third-order valence-corrected chi connectivity index (χ3v) is 3.99. The molecule has 2 aromatic rings. The number of likely N-dealkylation sites (N-methyl/N-ethyl adjacent to an activating group) is 1. The van der Waals surface area contributed by atoms with Gasteiger partial charge in [0.15, 0.2) is 6.10 Å². The molecular weight excluding hydrogens is 320 g/mol. The van der Waals surface area contributed by atoms with Crippen molar-refractivity contribution in [1.82, 2.24) is 5.32 Å². The zero-order valence-electron chi connectivity index (χ0n) is 14.0. The molecule has 1 N–H and O–H groups in total. The van der Waals surface area contributed by atoms with E-state index in [0.29, 0.717) is 18.7 Å². The number of hydrogen-bond donors (Lipinski definition) is 1. The number of carbonyl (C=O) groups excluding carboxylic acids is 2. The van der Waals surface area contributed by atoms with Crippen molar-refractivity contribution in [2.75, 3.05) is 18.5 Å². The Labute approximate surface area is 146 Å². The highest BCUT2D eigenvalue weighted by atomic mass is 16.5. The molecule has 1 aliphatic rings. The monoisotopic (exact) mass is 340 g/mol. The molecule has 1 atom stereocenters. The number of ether oxygens (including phenoxy) is 2. The van der Waals surface area contributed by atoms with Crippen molar-refractivity contribution < 1.29 is 19.1 Å². The van der Waals surface area contributed by atoms with Crippen LogP contribution < -0.4 is 15.0 Å². The lowest BCUT2D eigenvalue weighted by atomic mass is 10.1. The van der Waals surface area contributed by atoms with Gasteiger partial charge in [-0.1, -0.05) is 42.5 Å². The summed E-state index contributed by atoms with van der Waals surface area (Å²) < 4.78 is 10.9. The lowest BCUT2D eigenvalue weighted by Gasteiger charge is -2.31.